The topological polar surface area (TPSA) is 68.0 Å². The Morgan fingerprint density at radius 2 is 1.92 bits per heavy atom. The van der Waals surface area contributed by atoms with Gasteiger partial charge in [0.2, 0.25) is 5.91 Å². The van der Waals surface area contributed by atoms with Gasteiger partial charge in [-0.1, -0.05) is 19.1 Å². The van der Waals surface area contributed by atoms with Crippen LogP contribution in [0.5, 0.6) is 0 Å². The molecule has 0 spiro atoms. The number of hydrogen-bond acceptors (Lipinski definition) is 4. The lowest BCUT2D eigenvalue weighted by Gasteiger charge is -2.14. The average molecular weight is 357 g/mol. The Labute approximate surface area is 141 Å². The fraction of sp³-hybridized carbons (Fsp3) is 0.375. The van der Waals surface area contributed by atoms with Crippen molar-refractivity contribution < 1.29 is 18.0 Å². The average Bonchev–Trinajstić information content (AvgIpc) is 3.00. The third-order valence-corrected chi connectivity index (χ3v) is 4.60. The van der Waals surface area contributed by atoms with Crippen LogP contribution in [0, 0.1) is 5.92 Å². The molecule has 0 radical (unpaired) electrons. The van der Waals surface area contributed by atoms with Crippen molar-refractivity contribution >= 4 is 17.2 Å². The normalized spacial score (nSPS) is 14.2. The number of nitrogens with one attached hydrogen (secondary N) is 1. The van der Waals surface area contributed by atoms with E-state index in [0.717, 1.165) is 12.1 Å². The molecule has 0 fully saturated rings. The highest BCUT2D eigenvalue weighted by atomic mass is 32.1. The highest BCUT2D eigenvalue weighted by molar-refractivity contribution is 7.13. The second-order valence-corrected chi connectivity index (χ2v) is 6.44. The third-order valence-electron chi connectivity index (χ3n) is 3.66. The Morgan fingerprint density at radius 3 is 2.46 bits per heavy atom. The Balaban J connectivity index is 2.02. The molecule has 0 aliphatic heterocycles. The van der Waals surface area contributed by atoms with Crippen molar-refractivity contribution in [2.24, 2.45) is 11.7 Å². The van der Waals surface area contributed by atoms with E-state index in [0.29, 0.717) is 16.3 Å². The van der Waals surface area contributed by atoms with E-state index in [2.05, 4.69) is 10.3 Å². The zero-order valence-corrected chi connectivity index (χ0v) is 14.0. The number of benzene rings is 1. The van der Waals surface area contributed by atoms with Gasteiger partial charge in [0.15, 0.2) is 0 Å². The zero-order chi connectivity index (χ0) is 17.9. The van der Waals surface area contributed by atoms with Gasteiger partial charge < -0.3 is 11.1 Å². The molecule has 4 nitrogen and oxygen atoms in total. The predicted octanol–water partition coefficient (Wildman–Crippen LogP) is 3.43. The summed E-state index contributed by atoms with van der Waals surface area (Å²) in [6.45, 7) is 3.76. The fourth-order valence-corrected chi connectivity index (χ4v) is 2.73. The van der Waals surface area contributed by atoms with Crippen molar-refractivity contribution in [3.8, 4) is 10.6 Å². The Bertz CT molecular complexity index is 695. The molecule has 3 N–H and O–H groups in total. The number of thiazole rings is 1. The van der Waals surface area contributed by atoms with Crippen LogP contribution in [0.25, 0.3) is 10.6 Å². The van der Waals surface area contributed by atoms with Gasteiger partial charge in [-0.25, -0.2) is 4.98 Å². The van der Waals surface area contributed by atoms with Crippen molar-refractivity contribution in [2.45, 2.75) is 32.6 Å². The summed E-state index contributed by atoms with van der Waals surface area (Å²) < 4.78 is 37.7. The molecule has 0 aliphatic rings. The number of alkyl halides is 3. The van der Waals surface area contributed by atoms with Crippen LogP contribution in [0.15, 0.2) is 29.6 Å². The molecule has 130 valence electrons. The molecule has 2 atom stereocenters. The number of amides is 1. The van der Waals surface area contributed by atoms with Crippen LogP contribution in [-0.2, 0) is 17.5 Å². The molecule has 1 heterocycles. The second kappa shape index (κ2) is 7.31. The third kappa shape index (κ3) is 4.55. The van der Waals surface area contributed by atoms with Crippen LogP contribution in [0.3, 0.4) is 0 Å². The molecular formula is C16H18F3N3OS. The van der Waals surface area contributed by atoms with Gasteiger partial charge in [0.1, 0.15) is 5.01 Å². The Hall–Kier alpha value is -1.93. The summed E-state index contributed by atoms with van der Waals surface area (Å²) in [5, 5.41) is 5.12. The molecule has 2 unspecified atom stereocenters. The van der Waals surface area contributed by atoms with Gasteiger partial charge in [-0.2, -0.15) is 13.2 Å². The summed E-state index contributed by atoms with van der Waals surface area (Å²) in [5.74, 6) is -0.466. The van der Waals surface area contributed by atoms with Gasteiger partial charge in [-0.15, -0.1) is 11.3 Å². The maximum absolute atomic E-state index is 12.6. The Kier molecular flexibility index (Phi) is 5.61. The summed E-state index contributed by atoms with van der Waals surface area (Å²) in [6, 6.07) is 4.60. The number of hydrogen-bond donors (Lipinski definition) is 2. The van der Waals surface area contributed by atoms with Gasteiger partial charge in [0, 0.05) is 22.9 Å². The minimum absolute atomic E-state index is 0.158. The van der Waals surface area contributed by atoms with Gasteiger partial charge >= 0.3 is 6.18 Å². The van der Waals surface area contributed by atoms with Crippen LogP contribution < -0.4 is 11.1 Å². The van der Waals surface area contributed by atoms with Crippen LogP contribution in [0.1, 0.15) is 25.1 Å². The predicted molar refractivity (Wildman–Crippen MR) is 87.2 cm³/mol. The molecule has 0 saturated heterocycles. The smallest absolute Gasteiger partial charge is 0.350 e. The first-order chi connectivity index (χ1) is 11.2. The fourth-order valence-electron chi connectivity index (χ4n) is 1.90. The first kappa shape index (κ1) is 18.4. The minimum Gasteiger partial charge on any atom is -0.350 e. The van der Waals surface area contributed by atoms with Gasteiger partial charge in [-0.05, 0) is 19.1 Å². The van der Waals surface area contributed by atoms with E-state index in [1.165, 1.54) is 23.5 Å². The van der Waals surface area contributed by atoms with Crippen molar-refractivity contribution in [3.05, 3.63) is 40.9 Å². The molecule has 24 heavy (non-hydrogen) atoms. The van der Waals surface area contributed by atoms with Gasteiger partial charge in [0.05, 0.1) is 17.8 Å². The lowest BCUT2D eigenvalue weighted by molar-refractivity contribution is -0.137. The van der Waals surface area contributed by atoms with E-state index in [1.54, 1.807) is 19.2 Å². The van der Waals surface area contributed by atoms with Crippen LogP contribution in [-0.4, -0.2) is 16.9 Å². The maximum Gasteiger partial charge on any atom is 0.416 e. The summed E-state index contributed by atoms with van der Waals surface area (Å²) in [6.07, 6.45) is -4.35. The molecule has 2 rings (SSSR count). The molecule has 1 aromatic heterocycles. The molecule has 1 aromatic carbocycles. The summed E-state index contributed by atoms with van der Waals surface area (Å²) in [4.78, 5) is 16.2. The quantitative estimate of drug-likeness (QED) is 0.861. The van der Waals surface area contributed by atoms with E-state index in [-0.39, 0.29) is 24.4 Å². The standard InChI is InChI=1S/C16H18F3N3OS/c1-9(10(2)20)14(23)21-7-13-8-24-15(22-13)11-3-5-12(6-4-11)16(17,18)19/h3-6,8-10H,7,20H2,1-2H3,(H,21,23). The Morgan fingerprint density at radius 1 is 1.29 bits per heavy atom. The lowest BCUT2D eigenvalue weighted by Crippen LogP contribution is -2.38. The maximum atomic E-state index is 12.6. The second-order valence-electron chi connectivity index (χ2n) is 5.58. The monoisotopic (exact) mass is 357 g/mol. The summed E-state index contributed by atoms with van der Waals surface area (Å²) >= 11 is 1.31. The molecule has 0 aliphatic carbocycles. The number of carbonyl (C=O) groups is 1. The number of rotatable bonds is 5. The van der Waals surface area contributed by atoms with E-state index < -0.39 is 11.7 Å². The van der Waals surface area contributed by atoms with E-state index in [9.17, 15) is 18.0 Å². The molecule has 0 saturated carbocycles. The number of aromatic nitrogens is 1. The molecule has 1 amide bonds. The lowest BCUT2D eigenvalue weighted by atomic mass is 10.0. The molecular weight excluding hydrogens is 339 g/mol. The van der Waals surface area contributed by atoms with E-state index in [4.69, 9.17) is 5.73 Å². The number of nitrogens with two attached hydrogens (primary N) is 1. The number of carbonyl (C=O) groups excluding carboxylic acids is 1. The van der Waals surface area contributed by atoms with Crippen molar-refractivity contribution in [1.82, 2.24) is 10.3 Å². The molecule has 2 aromatic rings. The largest absolute Gasteiger partial charge is 0.416 e. The SMILES string of the molecule is CC(N)C(C)C(=O)NCc1csc(-c2ccc(C(F)(F)F)cc2)n1. The number of halogens is 3. The van der Waals surface area contributed by atoms with Crippen molar-refractivity contribution in [2.75, 3.05) is 0 Å². The van der Waals surface area contributed by atoms with Crippen molar-refractivity contribution in [3.63, 3.8) is 0 Å². The van der Waals surface area contributed by atoms with Crippen LogP contribution in [0.4, 0.5) is 13.2 Å². The molecule has 8 heteroatoms. The minimum atomic E-state index is -4.35. The van der Waals surface area contributed by atoms with Gasteiger partial charge in [-0.3, -0.25) is 4.79 Å². The zero-order valence-electron chi connectivity index (χ0n) is 13.2. The first-order valence-corrected chi connectivity index (χ1v) is 8.21. The summed E-state index contributed by atoms with van der Waals surface area (Å²) in [7, 11) is 0. The van der Waals surface area contributed by atoms with Gasteiger partial charge in [0.25, 0.3) is 0 Å². The highest BCUT2D eigenvalue weighted by Gasteiger charge is 2.30. The summed E-state index contributed by atoms with van der Waals surface area (Å²) in [5.41, 5.74) is 6.24. The first-order valence-electron chi connectivity index (χ1n) is 7.34. The molecule has 0 bridgehead atoms. The van der Waals surface area contributed by atoms with Crippen LogP contribution >= 0.6 is 11.3 Å². The highest BCUT2D eigenvalue weighted by Crippen LogP contribution is 2.31. The van der Waals surface area contributed by atoms with E-state index in [1.807, 2.05) is 0 Å². The number of nitrogens with zero attached hydrogens (tertiary/aromatic N) is 1. The van der Waals surface area contributed by atoms with Crippen molar-refractivity contribution in [1.29, 1.82) is 0 Å². The van der Waals surface area contributed by atoms with Crippen LogP contribution in [0.2, 0.25) is 0 Å². The van der Waals surface area contributed by atoms with E-state index >= 15 is 0 Å².